The van der Waals surface area contributed by atoms with Crippen LogP contribution >= 0.6 is 0 Å². The molecule has 1 heterocycles. The molecule has 1 aromatic rings. The fraction of sp³-hybridized carbons (Fsp3) is 0.600. The van der Waals surface area contributed by atoms with E-state index in [1.54, 1.807) is 6.07 Å². The van der Waals surface area contributed by atoms with Crippen molar-refractivity contribution in [3.8, 4) is 0 Å². The van der Waals surface area contributed by atoms with E-state index in [0.29, 0.717) is 0 Å². The highest BCUT2D eigenvalue weighted by Crippen LogP contribution is 2.29. The second-order valence-corrected chi connectivity index (χ2v) is 5.69. The van der Waals surface area contributed by atoms with Gasteiger partial charge in [0.2, 0.25) is 0 Å². The van der Waals surface area contributed by atoms with E-state index in [4.69, 9.17) is 0 Å². The molecule has 1 aliphatic heterocycles. The Kier molecular flexibility index (Phi) is 3.70. The van der Waals surface area contributed by atoms with E-state index in [2.05, 4.69) is 18.7 Å². The average Bonchev–Trinajstić information content (AvgIpc) is 2.65. The normalized spacial score (nSPS) is 20.3. The van der Waals surface area contributed by atoms with Gasteiger partial charge in [0.25, 0.3) is 0 Å². The van der Waals surface area contributed by atoms with Crippen molar-refractivity contribution in [1.29, 1.82) is 0 Å². The van der Waals surface area contributed by atoms with Gasteiger partial charge in [-0.15, -0.1) is 0 Å². The molecule has 17 heavy (non-hydrogen) atoms. The molecule has 0 bridgehead atoms. The van der Waals surface area contributed by atoms with Crippen molar-refractivity contribution in [3.63, 3.8) is 0 Å². The Bertz CT molecular complexity index is 387. The summed E-state index contributed by atoms with van der Waals surface area (Å²) in [6.45, 7) is 8.46. The summed E-state index contributed by atoms with van der Waals surface area (Å²) in [5.74, 6) is 1.40. The fourth-order valence-corrected chi connectivity index (χ4v) is 2.78. The Morgan fingerprint density at radius 2 is 2.18 bits per heavy atom. The van der Waals surface area contributed by atoms with Crippen molar-refractivity contribution in [1.82, 2.24) is 0 Å². The molecule has 2 rings (SSSR count). The van der Waals surface area contributed by atoms with Crippen LogP contribution in [0.3, 0.4) is 0 Å². The molecule has 1 atom stereocenters. The van der Waals surface area contributed by atoms with Gasteiger partial charge in [0.1, 0.15) is 5.82 Å². The predicted octanol–water partition coefficient (Wildman–Crippen LogP) is 4.01. The minimum absolute atomic E-state index is 0.0739. The maximum atomic E-state index is 13.9. The zero-order chi connectivity index (χ0) is 12.4. The van der Waals surface area contributed by atoms with Crippen molar-refractivity contribution < 1.29 is 4.39 Å². The fourth-order valence-electron chi connectivity index (χ4n) is 2.78. The molecule has 1 saturated heterocycles. The molecule has 0 spiro atoms. The third-order valence-electron chi connectivity index (χ3n) is 3.53. The van der Waals surface area contributed by atoms with E-state index in [9.17, 15) is 4.39 Å². The molecule has 2 heteroatoms. The molecule has 0 aliphatic carbocycles. The molecule has 0 aromatic heterocycles. The second kappa shape index (κ2) is 5.07. The Balaban J connectivity index is 2.05. The lowest BCUT2D eigenvalue weighted by Gasteiger charge is -2.20. The first-order chi connectivity index (χ1) is 8.06. The summed E-state index contributed by atoms with van der Waals surface area (Å²) in [7, 11) is 0. The summed E-state index contributed by atoms with van der Waals surface area (Å²) in [6.07, 6.45) is 2.45. The van der Waals surface area contributed by atoms with E-state index in [1.165, 1.54) is 12.8 Å². The van der Waals surface area contributed by atoms with E-state index in [1.807, 2.05) is 19.1 Å². The van der Waals surface area contributed by atoms with Crippen LogP contribution in [0.4, 0.5) is 10.1 Å². The summed E-state index contributed by atoms with van der Waals surface area (Å²) >= 11 is 0. The quantitative estimate of drug-likeness (QED) is 0.765. The molecule has 0 N–H and O–H groups in total. The van der Waals surface area contributed by atoms with Crippen LogP contribution < -0.4 is 4.90 Å². The van der Waals surface area contributed by atoms with Crippen molar-refractivity contribution in [3.05, 3.63) is 29.6 Å². The monoisotopic (exact) mass is 235 g/mol. The molecular formula is C15H22FN. The highest BCUT2D eigenvalue weighted by Gasteiger charge is 2.24. The van der Waals surface area contributed by atoms with Crippen LogP contribution in [-0.2, 0) is 0 Å². The Labute approximate surface area is 104 Å². The first-order valence-corrected chi connectivity index (χ1v) is 6.57. The van der Waals surface area contributed by atoms with Gasteiger partial charge < -0.3 is 4.90 Å². The SMILES string of the molecule is Cc1ccc(N2CCC(CC(C)C)C2)c(F)c1. The maximum Gasteiger partial charge on any atom is 0.146 e. The van der Waals surface area contributed by atoms with Crippen LogP contribution in [0.5, 0.6) is 0 Å². The first-order valence-electron chi connectivity index (χ1n) is 6.57. The topological polar surface area (TPSA) is 3.24 Å². The predicted molar refractivity (Wildman–Crippen MR) is 70.9 cm³/mol. The minimum Gasteiger partial charge on any atom is -0.369 e. The molecular weight excluding hydrogens is 213 g/mol. The molecule has 1 fully saturated rings. The van der Waals surface area contributed by atoms with Gasteiger partial charge in [-0.1, -0.05) is 19.9 Å². The van der Waals surface area contributed by atoms with Crippen molar-refractivity contribution >= 4 is 5.69 Å². The second-order valence-electron chi connectivity index (χ2n) is 5.69. The van der Waals surface area contributed by atoms with Crippen molar-refractivity contribution in [2.75, 3.05) is 18.0 Å². The van der Waals surface area contributed by atoms with E-state index in [-0.39, 0.29) is 5.82 Å². The summed E-state index contributed by atoms with van der Waals surface area (Å²) in [5, 5.41) is 0. The van der Waals surface area contributed by atoms with E-state index >= 15 is 0 Å². The van der Waals surface area contributed by atoms with Gasteiger partial charge in [-0.05, 0) is 49.3 Å². The van der Waals surface area contributed by atoms with Gasteiger partial charge in [-0.2, -0.15) is 0 Å². The smallest absolute Gasteiger partial charge is 0.146 e. The highest BCUT2D eigenvalue weighted by molar-refractivity contribution is 5.49. The molecule has 1 nitrogen and oxygen atoms in total. The van der Waals surface area contributed by atoms with E-state index in [0.717, 1.165) is 36.2 Å². The van der Waals surface area contributed by atoms with Gasteiger partial charge in [0, 0.05) is 13.1 Å². The van der Waals surface area contributed by atoms with E-state index < -0.39 is 0 Å². The number of halogens is 1. The number of benzene rings is 1. The van der Waals surface area contributed by atoms with Crippen LogP contribution in [0, 0.1) is 24.6 Å². The number of hydrogen-bond acceptors (Lipinski definition) is 1. The van der Waals surface area contributed by atoms with Crippen LogP contribution in [0.15, 0.2) is 18.2 Å². The Hall–Kier alpha value is -1.05. The third-order valence-corrected chi connectivity index (χ3v) is 3.53. The zero-order valence-electron chi connectivity index (χ0n) is 11.0. The summed E-state index contributed by atoms with van der Waals surface area (Å²) in [5.41, 5.74) is 1.77. The first kappa shape index (κ1) is 12.4. The number of aryl methyl sites for hydroxylation is 1. The van der Waals surface area contributed by atoms with Crippen molar-refractivity contribution in [2.24, 2.45) is 11.8 Å². The molecule has 1 aliphatic rings. The molecule has 1 unspecified atom stereocenters. The third kappa shape index (κ3) is 2.99. The van der Waals surface area contributed by atoms with Gasteiger partial charge >= 0.3 is 0 Å². The molecule has 0 saturated carbocycles. The number of hydrogen-bond donors (Lipinski definition) is 0. The number of rotatable bonds is 3. The van der Waals surface area contributed by atoms with Crippen LogP contribution in [0.25, 0.3) is 0 Å². The lowest BCUT2D eigenvalue weighted by atomic mass is 9.97. The van der Waals surface area contributed by atoms with Crippen LogP contribution in [0.1, 0.15) is 32.3 Å². The standard InChI is InChI=1S/C15H22FN/c1-11(2)8-13-6-7-17(10-13)15-5-4-12(3)9-14(15)16/h4-5,9,11,13H,6-8,10H2,1-3H3. The minimum atomic E-state index is -0.0739. The Morgan fingerprint density at radius 3 is 2.82 bits per heavy atom. The maximum absolute atomic E-state index is 13.9. The van der Waals surface area contributed by atoms with Gasteiger partial charge in [-0.25, -0.2) is 4.39 Å². The summed E-state index contributed by atoms with van der Waals surface area (Å²) in [6, 6.07) is 5.54. The molecule has 0 amide bonds. The molecule has 1 aromatic carbocycles. The number of nitrogens with zero attached hydrogens (tertiary/aromatic N) is 1. The lowest BCUT2D eigenvalue weighted by Crippen LogP contribution is -2.21. The largest absolute Gasteiger partial charge is 0.369 e. The van der Waals surface area contributed by atoms with Gasteiger partial charge in [0.15, 0.2) is 0 Å². The van der Waals surface area contributed by atoms with Gasteiger partial charge in [0.05, 0.1) is 5.69 Å². The van der Waals surface area contributed by atoms with Crippen LogP contribution in [-0.4, -0.2) is 13.1 Å². The summed E-state index contributed by atoms with van der Waals surface area (Å²) < 4.78 is 13.9. The highest BCUT2D eigenvalue weighted by atomic mass is 19.1. The lowest BCUT2D eigenvalue weighted by molar-refractivity contribution is 0.441. The number of anilines is 1. The molecule has 94 valence electrons. The van der Waals surface area contributed by atoms with Crippen molar-refractivity contribution in [2.45, 2.75) is 33.6 Å². The van der Waals surface area contributed by atoms with Crippen LogP contribution in [0.2, 0.25) is 0 Å². The van der Waals surface area contributed by atoms with Gasteiger partial charge in [-0.3, -0.25) is 0 Å². The zero-order valence-corrected chi connectivity index (χ0v) is 11.0. The Morgan fingerprint density at radius 1 is 1.41 bits per heavy atom. The molecule has 0 radical (unpaired) electrons. The summed E-state index contributed by atoms with van der Waals surface area (Å²) in [4.78, 5) is 2.20. The average molecular weight is 235 g/mol.